The Morgan fingerprint density at radius 3 is 1.75 bits per heavy atom. The van der Waals surface area contributed by atoms with Gasteiger partial charge in [-0.1, -0.05) is 54.5 Å². The summed E-state index contributed by atoms with van der Waals surface area (Å²) in [6.45, 7) is 0.698. The number of methoxy groups -OCH3 is 3. The molecular weight excluding hydrogens is 472 g/mol. The minimum atomic E-state index is -0.119. The van der Waals surface area contributed by atoms with Crippen molar-refractivity contribution in [2.45, 2.75) is 51.4 Å². The number of unbranched alkanes of at least 4 members (excludes halogenated alkanes) is 7. The molecule has 0 aliphatic heterocycles. The number of ether oxygens (including phenoxy) is 4. The van der Waals surface area contributed by atoms with Gasteiger partial charge in [0.25, 0.3) is 0 Å². The number of rotatable bonds is 16. The van der Waals surface area contributed by atoms with Crippen LogP contribution in [-0.2, 0) is 0 Å². The van der Waals surface area contributed by atoms with E-state index in [0.717, 1.165) is 17.5 Å². The summed E-state index contributed by atoms with van der Waals surface area (Å²) >= 11 is 3.47. The number of alkyl halides is 1. The van der Waals surface area contributed by atoms with Crippen LogP contribution in [0.2, 0.25) is 0 Å². The zero-order chi connectivity index (χ0) is 23.2. The largest absolute Gasteiger partial charge is 0.494 e. The zero-order valence-corrected chi connectivity index (χ0v) is 21.0. The lowest BCUT2D eigenvalue weighted by molar-refractivity contribution is 0.103. The van der Waals surface area contributed by atoms with Gasteiger partial charge in [-0.2, -0.15) is 0 Å². The van der Waals surface area contributed by atoms with Crippen molar-refractivity contribution in [3.8, 4) is 23.0 Å². The van der Waals surface area contributed by atoms with E-state index in [1.165, 1.54) is 66.3 Å². The van der Waals surface area contributed by atoms with Gasteiger partial charge in [-0.05, 0) is 49.2 Å². The molecule has 0 N–H and O–H groups in total. The molecule has 0 bridgehead atoms. The van der Waals surface area contributed by atoms with Crippen LogP contribution in [0.1, 0.15) is 67.3 Å². The minimum Gasteiger partial charge on any atom is -0.494 e. The number of ketones is 1. The highest BCUT2D eigenvalue weighted by Crippen LogP contribution is 2.38. The smallest absolute Gasteiger partial charge is 0.203 e. The monoisotopic (exact) mass is 506 g/mol. The predicted molar refractivity (Wildman–Crippen MR) is 132 cm³/mol. The molecule has 0 heterocycles. The van der Waals surface area contributed by atoms with Crippen LogP contribution in [0.25, 0.3) is 0 Å². The maximum Gasteiger partial charge on any atom is 0.203 e. The van der Waals surface area contributed by atoms with Crippen LogP contribution in [0.5, 0.6) is 23.0 Å². The third-order valence-corrected chi connectivity index (χ3v) is 5.90. The Kier molecular flexibility index (Phi) is 12.0. The Bertz CT molecular complexity index is 794. The van der Waals surface area contributed by atoms with E-state index >= 15 is 0 Å². The van der Waals surface area contributed by atoms with Crippen molar-refractivity contribution < 1.29 is 23.7 Å². The Labute approximate surface area is 200 Å². The van der Waals surface area contributed by atoms with Gasteiger partial charge in [-0.25, -0.2) is 0 Å². The second-order valence-electron chi connectivity index (χ2n) is 7.63. The molecule has 2 aromatic rings. The van der Waals surface area contributed by atoms with Crippen molar-refractivity contribution >= 4 is 21.7 Å². The number of hydrogen-bond donors (Lipinski definition) is 0. The number of benzene rings is 2. The van der Waals surface area contributed by atoms with E-state index in [-0.39, 0.29) is 5.78 Å². The van der Waals surface area contributed by atoms with Crippen LogP contribution in [0.15, 0.2) is 36.4 Å². The van der Waals surface area contributed by atoms with Gasteiger partial charge >= 0.3 is 0 Å². The molecule has 0 radical (unpaired) electrons. The number of carbonyl (C=O) groups excluding carboxylic acids is 1. The molecule has 0 atom stereocenters. The van der Waals surface area contributed by atoms with Crippen molar-refractivity contribution in [1.29, 1.82) is 0 Å². The SMILES string of the molecule is COc1cc(C(=O)c2ccc(OCCCCCCCCCCBr)cc2)cc(OC)c1OC. The van der Waals surface area contributed by atoms with Gasteiger partial charge in [0, 0.05) is 16.5 Å². The molecule has 2 rings (SSSR count). The van der Waals surface area contributed by atoms with E-state index in [4.69, 9.17) is 18.9 Å². The van der Waals surface area contributed by atoms with Gasteiger partial charge in [0.1, 0.15) is 5.75 Å². The van der Waals surface area contributed by atoms with Gasteiger partial charge in [0.15, 0.2) is 17.3 Å². The average molecular weight is 507 g/mol. The molecule has 0 unspecified atom stereocenters. The van der Waals surface area contributed by atoms with E-state index in [2.05, 4.69) is 15.9 Å². The second-order valence-corrected chi connectivity index (χ2v) is 8.43. The maximum absolute atomic E-state index is 12.9. The van der Waals surface area contributed by atoms with Crippen molar-refractivity contribution in [2.24, 2.45) is 0 Å². The van der Waals surface area contributed by atoms with E-state index in [0.29, 0.717) is 35.0 Å². The predicted octanol–water partition coefficient (Wildman–Crippen LogP) is 6.84. The summed E-state index contributed by atoms with van der Waals surface area (Å²) in [7, 11) is 4.60. The highest BCUT2D eigenvalue weighted by atomic mass is 79.9. The Balaban J connectivity index is 1.82. The first kappa shape index (κ1) is 26.0. The third-order valence-electron chi connectivity index (χ3n) is 5.34. The summed E-state index contributed by atoms with van der Waals surface area (Å²) < 4.78 is 21.9. The van der Waals surface area contributed by atoms with Crippen LogP contribution in [0.3, 0.4) is 0 Å². The van der Waals surface area contributed by atoms with Crippen LogP contribution in [-0.4, -0.2) is 39.0 Å². The van der Waals surface area contributed by atoms with Gasteiger partial charge in [-0.15, -0.1) is 0 Å². The molecule has 0 saturated heterocycles. The fraction of sp³-hybridized carbons (Fsp3) is 0.500. The molecule has 0 aliphatic carbocycles. The van der Waals surface area contributed by atoms with Crippen LogP contribution in [0.4, 0.5) is 0 Å². The van der Waals surface area contributed by atoms with Gasteiger partial charge in [0.2, 0.25) is 5.75 Å². The summed E-state index contributed by atoms with van der Waals surface area (Å²) in [6, 6.07) is 10.6. The zero-order valence-electron chi connectivity index (χ0n) is 19.5. The average Bonchev–Trinajstić information content (AvgIpc) is 2.84. The minimum absolute atomic E-state index is 0.119. The first-order valence-corrected chi connectivity index (χ1v) is 12.4. The number of hydrogen-bond acceptors (Lipinski definition) is 5. The molecule has 0 saturated carbocycles. The lowest BCUT2D eigenvalue weighted by Gasteiger charge is -2.14. The first-order valence-electron chi connectivity index (χ1n) is 11.3. The summed E-state index contributed by atoms with van der Waals surface area (Å²) in [5.41, 5.74) is 1.05. The first-order chi connectivity index (χ1) is 15.6. The highest BCUT2D eigenvalue weighted by Gasteiger charge is 2.18. The molecule has 176 valence electrons. The van der Waals surface area contributed by atoms with Crippen molar-refractivity contribution in [1.82, 2.24) is 0 Å². The summed E-state index contributed by atoms with van der Waals surface area (Å²) in [4.78, 5) is 12.9. The van der Waals surface area contributed by atoms with E-state index in [1.807, 2.05) is 12.1 Å². The lowest BCUT2D eigenvalue weighted by Crippen LogP contribution is -2.04. The molecule has 6 heteroatoms. The summed E-state index contributed by atoms with van der Waals surface area (Å²) in [5, 5.41) is 1.12. The molecule has 2 aromatic carbocycles. The topological polar surface area (TPSA) is 54.0 Å². The summed E-state index contributed by atoms with van der Waals surface area (Å²) in [6.07, 6.45) is 10.1. The van der Waals surface area contributed by atoms with E-state index in [9.17, 15) is 4.79 Å². The number of halogens is 1. The molecule has 0 fully saturated rings. The van der Waals surface area contributed by atoms with Crippen molar-refractivity contribution in [2.75, 3.05) is 33.3 Å². The molecule has 5 nitrogen and oxygen atoms in total. The highest BCUT2D eigenvalue weighted by molar-refractivity contribution is 9.09. The normalized spacial score (nSPS) is 10.6. The van der Waals surface area contributed by atoms with Crippen LogP contribution in [0, 0.1) is 0 Å². The van der Waals surface area contributed by atoms with Gasteiger partial charge < -0.3 is 18.9 Å². The maximum atomic E-state index is 12.9. The number of carbonyl (C=O) groups is 1. The Morgan fingerprint density at radius 2 is 1.25 bits per heavy atom. The fourth-order valence-electron chi connectivity index (χ4n) is 3.53. The van der Waals surface area contributed by atoms with Crippen LogP contribution >= 0.6 is 15.9 Å². The molecule has 0 aliphatic rings. The quantitative estimate of drug-likeness (QED) is 0.142. The standard InChI is InChI=1S/C26H35BrO5/c1-29-23-18-21(19-24(30-2)26(23)31-3)25(28)20-12-14-22(15-13-20)32-17-11-9-7-5-4-6-8-10-16-27/h12-15,18-19H,4-11,16-17H2,1-3H3. The Morgan fingerprint density at radius 1 is 0.719 bits per heavy atom. The molecule has 0 aromatic heterocycles. The molecule has 0 amide bonds. The van der Waals surface area contributed by atoms with Crippen LogP contribution < -0.4 is 18.9 Å². The lowest BCUT2D eigenvalue weighted by atomic mass is 10.0. The van der Waals surface area contributed by atoms with Gasteiger partial charge in [0.05, 0.1) is 27.9 Å². The van der Waals surface area contributed by atoms with Crippen molar-refractivity contribution in [3.63, 3.8) is 0 Å². The summed E-state index contributed by atoms with van der Waals surface area (Å²) in [5.74, 6) is 2.03. The Hall–Kier alpha value is -2.21. The van der Waals surface area contributed by atoms with E-state index < -0.39 is 0 Å². The molecule has 32 heavy (non-hydrogen) atoms. The molecule has 0 spiro atoms. The fourth-order valence-corrected chi connectivity index (χ4v) is 3.93. The van der Waals surface area contributed by atoms with Crippen molar-refractivity contribution in [3.05, 3.63) is 47.5 Å². The van der Waals surface area contributed by atoms with E-state index in [1.54, 1.807) is 24.3 Å². The molecular formula is C26H35BrO5. The van der Waals surface area contributed by atoms with Gasteiger partial charge in [-0.3, -0.25) is 4.79 Å². The second kappa shape index (κ2) is 14.8. The third kappa shape index (κ3) is 8.05.